The summed E-state index contributed by atoms with van der Waals surface area (Å²) in [6.07, 6.45) is -2.44. The van der Waals surface area contributed by atoms with Crippen LogP contribution >= 0.6 is 0 Å². The average molecular weight is 299 g/mol. The maximum atomic E-state index is 13.0. The summed E-state index contributed by atoms with van der Waals surface area (Å²) in [5.74, 6) is -0.125. The quantitative estimate of drug-likeness (QED) is 0.661. The molecule has 0 amide bonds. The lowest BCUT2D eigenvalue weighted by Gasteiger charge is -2.30. The summed E-state index contributed by atoms with van der Waals surface area (Å²) < 4.78 is 38.9. The standard InChI is InChI=1S/C15H20F3N3/c1-9(2)13-4-3-7-21(13)10-5-6-12(15(16,17)18)11(8-10)14(19)20/h5-6,8-9,13H,3-4,7H2,1-2H3,(H3,19,20). The molecule has 1 aliphatic heterocycles. The van der Waals surface area contributed by atoms with Gasteiger partial charge in [-0.1, -0.05) is 13.8 Å². The van der Waals surface area contributed by atoms with Gasteiger partial charge in [0.2, 0.25) is 0 Å². The molecule has 2 rings (SSSR count). The minimum Gasteiger partial charge on any atom is -0.384 e. The predicted molar refractivity (Wildman–Crippen MR) is 77.7 cm³/mol. The molecule has 3 N–H and O–H groups in total. The van der Waals surface area contributed by atoms with Crippen LogP contribution in [0.2, 0.25) is 0 Å². The molecule has 3 nitrogen and oxygen atoms in total. The van der Waals surface area contributed by atoms with E-state index in [9.17, 15) is 13.2 Å². The lowest BCUT2D eigenvalue weighted by atomic mass is 10.00. The molecule has 1 unspecified atom stereocenters. The summed E-state index contributed by atoms with van der Waals surface area (Å²) in [5, 5.41) is 7.42. The summed E-state index contributed by atoms with van der Waals surface area (Å²) in [4.78, 5) is 2.12. The van der Waals surface area contributed by atoms with Crippen LogP contribution in [0.5, 0.6) is 0 Å². The van der Waals surface area contributed by atoms with E-state index >= 15 is 0 Å². The van der Waals surface area contributed by atoms with Crippen LogP contribution in [-0.4, -0.2) is 18.4 Å². The number of hydrogen-bond acceptors (Lipinski definition) is 2. The number of nitrogens with one attached hydrogen (secondary N) is 1. The molecule has 0 spiro atoms. The Kier molecular flexibility index (Phi) is 4.16. The van der Waals surface area contributed by atoms with Crippen LogP contribution < -0.4 is 10.6 Å². The fourth-order valence-corrected chi connectivity index (χ4v) is 2.99. The van der Waals surface area contributed by atoms with Gasteiger partial charge in [-0.15, -0.1) is 0 Å². The van der Waals surface area contributed by atoms with Crippen LogP contribution in [-0.2, 0) is 6.18 Å². The number of nitrogen functional groups attached to an aromatic ring is 1. The minimum atomic E-state index is -4.50. The largest absolute Gasteiger partial charge is 0.417 e. The van der Waals surface area contributed by atoms with Gasteiger partial charge in [-0.3, -0.25) is 5.41 Å². The molecule has 1 atom stereocenters. The van der Waals surface area contributed by atoms with E-state index in [2.05, 4.69) is 18.7 Å². The van der Waals surface area contributed by atoms with E-state index in [-0.39, 0.29) is 5.56 Å². The van der Waals surface area contributed by atoms with E-state index in [1.165, 1.54) is 12.1 Å². The summed E-state index contributed by atoms with van der Waals surface area (Å²) in [7, 11) is 0. The van der Waals surface area contributed by atoms with Gasteiger partial charge in [-0.25, -0.2) is 0 Å². The number of benzene rings is 1. The van der Waals surface area contributed by atoms with Crippen LogP contribution in [0.1, 0.15) is 37.8 Å². The molecule has 1 heterocycles. The van der Waals surface area contributed by atoms with Gasteiger partial charge < -0.3 is 10.6 Å². The highest BCUT2D eigenvalue weighted by atomic mass is 19.4. The first-order chi connectivity index (χ1) is 9.71. The van der Waals surface area contributed by atoms with Crippen LogP contribution in [0.25, 0.3) is 0 Å². The smallest absolute Gasteiger partial charge is 0.384 e. The van der Waals surface area contributed by atoms with Crippen LogP contribution in [0.4, 0.5) is 18.9 Å². The van der Waals surface area contributed by atoms with E-state index in [4.69, 9.17) is 11.1 Å². The third-order valence-corrected chi connectivity index (χ3v) is 4.00. The van der Waals surface area contributed by atoms with Gasteiger partial charge >= 0.3 is 6.18 Å². The SMILES string of the molecule is CC(C)C1CCCN1c1ccc(C(F)(F)F)c(C(=N)N)c1. The third-order valence-electron chi connectivity index (χ3n) is 4.00. The molecule has 21 heavy (non-hydrogen) atoms. The van der Waals surface area contributed by atoms with Crippen molar-refractivity contribution >= 4 is 11.5 Å². The molecule has 1 saturated heterocycles. The monoisotopic (exact) mass is 299 g/mol. The minimum absolute atomic E-state index is 0.241. The Bertz CT molecular complexity index is 537. The molecule has 6 heteroatoms. The van der Waals surface area contributed by atoms with E-state index < -0.39 is 17.6 Å². The number of halogens is 3. The number of alkyl halides is 3. The molecule has 1 aromatic rings. The van der Waals surface area contributed by atoms with E-state index in [0.29, 0.717) is 17.6 Å². The highest BCUT2D eigenvalue weighted by Crippen LogP contribution is 2.36. The maximum Gasteiger partial charge on any atom is 0.417 e. The molecular formula is C15H20F3N3. The maximum absolute atomic E-state index is 13.0. The number of nitrogens with two attached hydrogens (primary N) is 1. The summed E-state index contributed by atoms with van der Waals surface area (Å²) in [6.45, 7) is 5.05. The first kappa shape index (κ1) is 15.7. The van der Waals surface area contributed by atoms with Crippen molar-refractivity contribution in [3.8, 4) is 0 Å². The molecular weight excluding hydrogens is 279 g/mol. The molecule has 1 aromatic carbocycles. The second-order valence-corrected chi connectivity index (χ2v) is 5.79. The molecule has 1 fully saturated rings. The van der Waals surface area contributed by atoms with Gasteiger partial charge in [0.1, 0.15) is 5.84 Å². The fraction of sp³-hybridized carbons (Fsp3) is 0.533. The van der Waals surface area contributed by atoms with Crippen LogP contribution in [0.3, 0.4) is 0 Å². The topological polar surface area (TPSA) is 53.1 Å². The Labute approximate surface area is 122 Å². The number of hydrogen-bond donors (Lipinski definition) is 2. The zero-order valence-electron chi connectivity index (χ0n) is 12.2. The van der Waals surface area contributed by atoms with Crippen molar-refractivity contribution < 1.29 is 13.2 Å². The summed E-state index contributed by atoms with van der Waals surface area (Å²) in [5.41, 5.74) is 4.96. The highest BCUT2D eigenvalue weighted by Gasteiger charge is 2.35. The molecule has 0 aromatic heterocycles. The lowest BCUT2D eigenvalue weighted by molar-refractivity contribution is -0.137. The fourth-order valence-electron chi connectivity index (χ4n) is 2.99. The van der Waals surface area contributed by atoms with E-state index in [1.54, 1.807) is 0 Å². The average Bonchev–Trinajstić information content (AvgIpc) is 2.86. The van der Waals surface area contributed by atoms with Gasteiger partial charge in [-0.05, 0) is 37.0 Å². The predicted octanol–water partition coefficient (Wildman–Crippen LogP) is 3.61. The molecule has 0 aliphatic carbocycles. The van der Waals surface area contributed by atoms with Crippen molar-refractivity contribution in [3.63, 3.8) is 0 Å². The van der Waals surface area contributed by atoms with Gasteiger partial charge in [0.25, 0.3) is 0 Å². The summed E-state index contributed by atoms with van der Waals surface area (Å²) in [6, 6.07) is 4.23. The van der Waals surface area contributed by atoms with Crippen molar-refractivity contribution in [1.82, 2.24) is 0 Å². The second-order valence-electron chi connectivity index (χ2n) is 5.79. The van der Waals surface area contributed by atoms with Crippen LogP contribution in [0.15, 0.2) is 18.2 Å². The van der Waals surface area contributed by atoms with E-state index in [1.807, 2.05) is 0 Å². The Morgan fingerprint density at radius 2 is 2.05 bits per heavy atom. The Morgan fingerprint density at radius 1 is 1.38 bits per heavy atom. The first-order valence-corrected chi connectivity index (χ1v) is 7.04. The van der Waals surface area contributed by atoms with Crippen LogP contribution in [0, 0.1) is 11.3 Å². The van der Waals surface area contributed by atoms with Crippen molar-refractivity contribution in [1.29, 1.82) is 5.41 Å². The lowest BCUT2D eigenvalue weighted by Crippen LogP contribution is -2.33. The normalized spacial score (nSPS) is 19.3. The zero-order valence-corrected chi connectivity index (χ0v) is 12.2. The van der Waals surface area contributed by atoms with Crippen molar-refractivity contribution in [2.45, 2.75) is 38.9 Å². The first-order valence-electron chi connectivity index (χ1n) is 7.04. The number of nitrogens with zero attached hydrogens (tertiary/aromatic N) is 1. The van der Waals surface area contributed by atoms with Gasteiger partial charge in [0.05, 0.1) is 5.56 Å². The second kappa shape index (κ2) is 5.58. The third kappa shape index (κ3) is 3.14. The molecule has 116 valence electrons. The number of anilines is 1. The molecule has 0 saturated carbocycles. The molecule has 1 aliphatic rings. The molecule has 0 bridgehead atoms. The number of amidine groups is 1. The van der Waals surface area contributed by atoms with Crippen molar-refractivity contribution in [2.24, 2.45) is 11.7 Å². The van der Waals surface area contributed by atoms with Gasteiger partial charge in [-0.2, -0.15) is 13.2 Å². The number of rotatable bonds is 3. The summed E-state index contributed by atoms with van der Waals surface area (Å²) >= 11 is 0. The Hall–Kier alpha value is -1.72. The van der Waals surface area contributed by atoms with Gasteiger partial charge in [0, 0.05) is 23.8 Å². The Morgan fingerprint density at radius 3 is 2.57 bits per heavy atom. The molecule has 0 radical (unpaired) electrons. The highest BCUT2D eigenvalue weighted by molar-refractivity contribution is 5.97. The van der Waals surface area contributed by atoms with E-state index in [0.717, 1.165) is 25.5 Å². The van der Waals surface area contributed by atoms with Gasteiger partial charge in [0.15, 0.2) is 0 Å². The van der Waals surface area contributed by atoms with Crippen molar-refractivity contribution in [2.75, 3.05) is 11.4 Å². The Balaban J connectivity index is 2.43. The van der Waals surface area contributed by atoms with Crippen molar-refractivity contribution in [3.05, 3.63) is 29.3 Å². The zero-order chi connectivity index (χ0) is 15.8.